The summed E-state index contributed by atoms with van der Waals surface area (Å²) in [5.41, 5.74) is 0.602. The Balaban J connectivity index is 2.93. The lowest BCUT2D eigenvalue weighted by atomic mass is 10.1. The van der Waals surface area contributed by atoms with Crippen LogP contribution in [0.5, 0.6) is 5.75 Å². The summed E-state index contributed by atoms with van der Waals surface area (Å²) in [6, 6.07) is 5.22. The summed E-state index contributed by atoms with van der Waals surface area (Å²) in [5, 5.41) is 3.34. The van der Waals surface area contributed by atoms with Gasteiger partial charge in [-0.3, -0.25) is 0 Å². The number of hydrogen-bond acceptors (Lipinski definition) is 2. The van der Waals surface area contributed by atoms with E-state index in [4.69, 9.17) is 4.74 Å². The van der Waals surface area contributed by atoms with Crippen molar-refractivity contribution in [3.05, 3.63) is 29.6 Å². The summed E-state index contributed by atoms with van der Waals surface area (Å²) >= 11 is 0. The van der Waals surface area contributed by atoms with Crippen molar-refractivity contribution >= 4 is 0 Å². The number of methoxy groups -OCH3 is 1. The van der Waals surface area contributed by atoms with Crippen molar-refractivity contribution in [2.45, 2.75) is 39.3 Å². The van der Waals surface area contributed by atoms with Crippen molar-refractivity contribution < 1.29 is 9.13 Å². The normalized spacial score (nSPS) is 14.6. The largest absolute Gasteiger partial charge is 0.496 e. The average molecular weight is 225 g/mol. The number of rotatable bonds is 5. The minimum Gasteiger partial charge on any atom is -0.496 e. The van der Waals surface area contributed by atoms with Crippen LogP contribution in [0.15, 0.2) is 18.2 Å². The smallest absolute Gasteiger partial charge is 0.131 e. The first-order chi connectivity index (χ1) is 7.60. The van der Waals surface area contributed by atoms with Gasteiger partial charge in [0, 0.05) is 17.6 Å². The van der Waals surface area contributed by atoms with Crippen molar-refractivity contribution in [1.82, 2.24) is 5.32 Å². The highest BCUT2D eigenvalue weighted by molar-refractivity contribution is 5.36. The molecule has 1 rings (SSSR count). The van der Waals surface area contributed by atoms with E-state index in [9.17, 15) is 4.39 Å². The number of halogens is 1. The molecule has 0 spiro atoms. The molecule has 1 N–H and O–H groups in total. The van der Waals surface area contributed by atoms with Crippen LogP contribution < -0.4 is 10.1 Å². The first-order valence-corrected chi connectivity index (χ1v) is 5.68. The molecule has 16 heavy (non-hydrogen) atoms. The topological polar surface area (TPSA) is 21.3 Å². The molecule has 0 heterocycles. The van der Waals surface area contributed by atoms with E-state index >= 15 is 0 Å². The van der Waals surface area contributed by atoms with Crippen LogP contribution in [0, 0.1) is 5.82 Å². The maximum Gasteiger partial charge on any atom is 0.131 e. The molecule has 0 aliphatic rings. The van der Waals surface area contributed by atoms with Crippen molar-refractivity contribution in [3.8, 4) is 5.75 Å². The number of nitrogens with one attached hydrogen (secondary N) is 1. The van der Waals surface area contributed by atoms with Crippen molar-refractivity contribution in [1.29, 1.82) is 0 Å². The second-order valence-corrected chi connectivity index (χ2v) is 4.05. The third-order valence-electron chi connectivity index (χ3n) is 2.81. The van der Waals surface area contributed by atoms with Crippen molar-refractivity contribution in [2.75, 3.05) is 7.11 Å². The lowest BCUT2D eigenvalue weighted by Gasteiger charge is -2.21. The van der Waals surface area contributed by atoms with E-state index in [0.29, 0.717) is 17.4 Å². The lowest BCUT2D eigenvalue weighted by molar-refractivity contribution is 0.385. The molecule has 0 amide bonds. The van der Waals surface area contributed by atoms with Crippen LogP contribution >= 0.6 is 0 Å². The molecular formula is C13H20FNO. The van der Waals surface area contributed by atoms with E-state index in [1.165, 1.54) is 6.07 Å². The molecule has 0 saturated carbocycles. The zero-order valence-electron chi connectivity index (χ0n) is 10.4. The molecule has 0 bridgehead atoms. The fourth-order valence-corrected chi connectivity index (χ4v) is 1.74. The molecule has 3 heteroatoms. The molecule has 1 aromatic rings. The minimum atomic E-state index is -0.220. The lowest BCUT2D eigenvalue weighted by Crippen LogP contribution is -2.29. The molecule has 0 aromatic heterocycles. The van der Waals surface area contributed by atoms with E-state index in [2.05, 4.69) is 19.2 Å². The summed E-state index contributed by atoms with van der Waals surface area (Å²) in [5.74, 6) is 0.381. The molecule has 1 aromatic carbocycles. The first kappa shape index (κ1) is 13.0. The third-order valence-corrected chi connectivity index (χ3v) is 2.81. The highest BCUT2D eigenvalue weighted by atomic mass is 19.1. The monoisotopic (exact) mass is 225 g/mol. The van der Waals surface area contributed by atoms with Gasteiger partial charge in [-0.2, -0.15) is 0 Å². The van der Waals surface area contributed by atoms with E-state index in [1.807, 2.05) is 6.92 Å². The SMILES string of the molecule is CCC(C)NC(C)c1c(F)cccc1OC. The standard InChI is InChI=1S/C13H20FNO/c1-5-9(2)15-10(3)13-11(14)7-6-8-12(13)16-4/h6-10,15H,5H2,1-4H3. The van der Waals surface area contributed by atoms with Gasteiger partial charge in [0.25, 0.3) is 0 Å². The Bertz CT molecular complexity index is 341. The Hall–Kier alpha value is -1.09. The summed E-state index contributed by atoms with van der Waals surface area (Å²) in [4.78, 5) is 0. The Morgan fingerprint density at radius 3 is 2.62 bits per heavy atom. The Morgan fingerprint density at radius 1 is 1.38 bits per heavy atom. The molecule has 2 atom stereocenters. The number of ether oxygens (including phenoxy) is 1. The van der Waals surface area contributed by atoms with Gasteiger partial charge < -0.3 is 10.1 Å². The van der Waals surface area contributed by atoms with Crippen LogP contribution in [-0.2, 0) is 0 Å². The van der Waals surface area contributed by atoms with Gasteiger partial charge in [-0.1, -0.05) is 13.0 Å². The van der Waals surface area contributed by atoms with Crippen LogP contribution in [-0.4, -0.2) is 13.2 Å². The molecule has 90 valence electrons. The molecule has 2 unspecified atom stereocenters. The number of hydrogen-bond donors (Lipinski definition) is 1. The maximum absolute atomic E-state index is 13.7. The Kier molecular flexibility index (Phi) is 4.74. The molecule has 0 aliphatic carbocycles. The van der Waals surface area contributed by atoms with Gasteiger partial charge in [-0.15, -0.1) is 0 Å². The van der Waals surface area contributed by atoms with Gasteiger partial charge in [-0.05, 0) is 32.4 Å². The van der Waals surface area contributed by atoms with Gasteiger partial charge in [0.05, 0.1) is 7.11 Å². The fourth-order valence-electron chi connectivity index (χ4n) is 1.74. The molecule has 0 radical (unpaired) electrons. The van der Waals surface area contributed by atoms with Crippen molar-refractivity contribution in [3.63, 3.8) is 0 Å². The average Bonchev–Trinajstić information content (AvgIpc) is 2.28. The van der Waals surface area contributed by atoms with Gasteiger partial charge in [-0.25, -0.2) is 4.39 Å². The minimum absolute atomic E-state index is 0.0499. The molecule has 0 fully saturated rings. The second-order valence-electron chi connectivity index (χ2n) is 4.05. The number of benzene rings is 1. The van der Waals surface area contributed by atoms with Crippen LogP contribution in [0.2, 0.25) is 0 Å². The fraction of sp³-hybridized carbons (Fsp3) is 0.538. The predicted octanol–water partition coefficient (Wildman–Crippen LogP) is 3.28. The highest BCUT2D eigenvalue weighted by Crippen LogP contribution is 2.27. The van der Waals surface area contributed by atoms with E-state index < -0.39 is 0 Å². The first-order valence-electron chi connectivity index (χ1n) is 5.68. The zero-order valence-corrected chi connectivity index (χ0v) is 10.4. The van der Waals surface area contributed by atoms with Gasteiger partial charge in [0.2, 0.25) is 0 Å². The Morgan fingerprint density at radius 2 is 2.06 bits per heavy atom. The highest BCUT2D eigenvalue weighted by Gasteiger charge is 2.17. The molecule has 0 aliphatic heterocycles. The van der Waals surface area contributed by atoms with Crippen LogP contribution in [0.1, 0.15) is 38.8 Å². The quantitative estimate of drug-likeness (QED) is 0.830. The van der Waals surface area contributed by atoms with Crippen LogP contribution in [0.4, 0.5) is 4.39 Å². The van der Waals surface area contributed by atoms with Crippen LogP contribution in [0.25, 0.3) is 0 Å². The van der Waals surface area contributed by atoms with Gasteiger partial charge >= 0.3 is 0 Å². The van der Waals surface area contributed by atoms with Crippen LogP contribution in [0.3, 0.4) is 0 Å². The summed E-state index contributed by atoms with van der Waals surface area (Å²) in [6.45, 7) is 6.14. The van der Waals surface area contributed by atoms with Gasteiger partial charge in [0.1, 0.15) is 11.6 Å². The van der Waals surface area contributed by atoms with Gasteiger partial charge in [0.15, 0.2) is 0 Å². The third kappa shape index (κ3) is 2.95. The van der Waals surface area contributed by atoms with E-state index in [-0.39, 0.29) is 11.9 Å². The summed E-state index contributed by atoms with van der Waals surface area (Å²) in [6.07, 6.45) is 1.01. The zero-order chi connectivity index (χ0) is 12.1. The van der Waals surface area contributed by atoms with E-state index in [0.717, 1.165) is 6.42 Å². The van der Waals surface area contributed by atoms with E-state index in [1.54, 1.807) is 19.2 Å². The maximum atomic E-state index is 13.7. The predicted molar refractivity (Wildman–Crippen MR) is 64.3 cm³/mol. The summed E-state index contributed by atoms with van der Waals surface area (Å²) < 4.78 is 18.9. The molecule has 0 saturated heterocycles. The molecule has 2 nitrogen and oxygen atoms in total. The van der Waals surface area contributed by atoms with Crippen molar-refractivity contribution in [2.24, 2.45) is 0 Å². The molecular weight excluding hydrogens is 205 g/mol. The second kappa shape index (κ2) is 5.85. The Labute approximate surface area is 96.8 Å². The summed E-state index contributed by atoms with van der Waals surface area (Å²) in [7, 11) is 1.56.